The average Bonchev–Trinajstić information content (AvgIpc) is 2.61. The van der Waals surface area contributed by atoms with E-state index in [1.54, 1.807) is 12.1 Å². The molecule has 0 spiro atoms. The van der Waals surface area contributed by atoms with Crippen LogP contribution in [0.4, 0.5) is 13.2 Å². The number of halogens is 3. The number of hydrogen-bond donors (Lipinski definition) is 1. The molecule has 0 aliphatic carbocycles. The highest BCUT2D eigenvalue weighted by atomic mass is 32.2. The first kappa shape index (κ1) is 18.7. The summed E-state index contributed by atoms with van der Waals surface area (Å²) in [6.07, 6.45) is -3.82. The van der Waals surface area contributed by atoms with Crippen LogP contribution < -0.4 is 9.46 Å². The average molecular weight is 386 g/mol. The van der Waals surface area contributed by atoms with Gasteiger partial charge in [-0.1, -0.05) is 6.07 Å². The monoisotopic (exact) mass is 386 g/mol. The predicted octanol–water partition coefficient (Wildman–Crippen LogP) is 3.32. The first-order valence-electron chi connectivity index (χ1n) is 7.84. The summed E-state index contributed by atoms with van der Waals surface area (Å²) in [5.41, 5.74) is 1.08. The number of benzene rings is 2. The van der Waals surface area contributed by atoms with E-state index in [-0.39, 0.29) is 12.3 Å². The normalized spacial score (nSPS) is 15.5. The van der Waals surface area contributed by atoms with Gasteiger partial charge in [0.05, 0.1) is 5.56 Å². The molecule has 0 aromatic heterocycles. The number of nitrogens with zero attached hydrogens (tertiary/aromatic N) is 1. The third kappa shape index (κ3) is 4.00. The van der Waals surface area contributed by atoms with Gasteiger partial charge in [-0.25, -0.2) is 4.72 Å². The van der Waals surface area contributed by atoms with Crippen LogP contribution in [-0.2, 0) is 29.4 Å². The van der Waals surface area contributed by atoms with Crippen molar-refractivity contribution in [2.45, 2.75) is 19.1 Å². The van der Waals surface area contributed by atoms with Crippen molar-refractivity contribution >= 4 is 10.2 Å². The lowest BCUT2D eigenvalue weighted by atomic mass is 10.0. The Hall–Kier alpha value is -2.10. The molecule has 5 nitrogen and oxygen atoms in total. The summed E-state index contributed by atoms with van der Waals surface area (Å²) in [5, 5.41) is 0. The molecule has 2 aromatic rings. The lowest BCUT2D eigenvalue weighted by Gasteiger charge is -2.27. The van der Waals surface area contributed by atoms with E-state index in [1.165, 1.54) is 23.5 Å². The summed E-state index contributed by atoms with van der Waals surface area (Å²) < 4.78 is 70.9. The van der Waals surface area contributed by atoms with Crippen molar-refractivity contribution in [2.75, 3.05) is 13.6 Å². The van der Waals surface area contributed by atoms with Gasteiger partial charge in [-0.05, 0) is 53.9 Å². The zero-order valence-corrected chi connectivity index (χ0v) is 14.7. The van der Waals surface area contributed by atoms with E-state index in [2.05, 4.69) is 4.72 Å². The molecule has 0 saturated heterocycles. The summed E-state index contributed by atoms with van der Waals surface area (Å²) in [6.45, 7) is 0.595. The molecule has 140 valence electrons. The zero-order chi connectivity index (χ0) is 18.9. The molecule has 0 atom stereocenters. The standard InChI is InChI=1S/C17H17F3N2O3S/c1-21-26(23,24)22-9-8-12-2-5-16(10-13(12)11-22)25-15-6-3-14(4-7-15)17(18,19)20/h2-7,10,21H,8-9,11H2,1H3. The zero-order valence-electron chi connectivity index (χ0n) is 13.9. The largest absolute Gasteiger partial charge is 0.457 e. The fourth-order valence-corrected chi connectivity index (χ4v) is 3.65. The topological polar surface area (TPSA) is 58.6 Å². The van der Waals surface area contributed by atoms with Crippen LogP contribution in [0.2, 0.25) is 0 Å². The summed E-state index contributed by atoms with van der Waals surface area (Å²) in [4.78, 5) is 0. The van der Waals surface area contributed by atoms with Gasteiger partial charge in [-0.3, -0.25) is 0 Å². The van der Waals surface area contributed by atoms with Crippen LogP contribution >= 0.6 is 0 Å². The maximum Gasteiger partial charge on any atom is 0.416 e. The Bertz CT molecular complexity index is 896. The molecule has 3 rings (SSSR count). The van der Waals surface area contributed by atoms with E-state index in [1.807, 2.05) is 6.07 Å². The van der Waals surface area contributed by atoms with Gasteiger partial charge in [-0.15, -0.1) is 0 Å². The number of hydrogen-bond acceptors (Lipinski definition) is 3. The van der Waals surface area contributed by atoms with E-state index >= 15 is 0 Å². The van der Waals surface area contributed by atoms with Crippen molar-refractivity contribution in [1.82, 2.24) is 9.03 Å². The molecule has 1 heterocycles. The summed E-state index contributed by atoms with van der Waals surface area (Å²) in [6, 6.07) is 9.69. The predicted molar refractivity (Wildman–Crippen MR) is 90.1 cm³/mol. The molecule has 0 radical (unpaired) electrons. The Labute approximate surface area is 149 Å². The number of fused-ring (bicyclic) bond motifs is 1. The molecule has 0 unspecified atom stereocenters. The van der Waals surface area contributed by atoms with Crippen LogP contribution in [0.1, 0.15) is 16.7 Å². The molecule has 0 saturated carbocycles. The molecule has 1 aliphatic heterocycles. The van der Waals surface area contributed by atoms with Crippen molar-refractivity contribution in [3.05, 3.63) is 59.2 Å². The summed E-state index contributed by atoms with van der Waals surface area (Å²) >= 11 is 0. The maximum atomic E-state index is 12.6. The van der Waals surface area contributed by atoms with Crippen LogP contribution in [0.5, 0.6) is 11.5 Å². The Balaban J connectivity index is 1.78. The highest BCUT2D eigenvalue weighted by Gasteiger charge is 2.30. The van der Waals surface area contributed by atoms with E-state index in [0.29, 0.717) is 18.7 Å². The minimum atomic E-state index is -4.40. The molecular formula is C17H17F3N2O3S. The second-order valence-electron chi connectivity index (χ2n) is 5.85. The third-order valence-corrected chi connectivity index (χ3v) is 5.68. The minimum Gasteiger partial charge on any atom is -0.457 e. The Morgan fingerprint density at radius 2 is 1.69 bits per heavy atom. The van der Waals surface area contributed by atoms with Gasteiger partial charge in [-0.2, -0.15) is 25.9 Å². The molecule has 0 fully saturated rings. The Morgan fingerprint density at radius 1 is 1.04 bits per heavy atom. The quantitative estimate of drug-likeness (QED) is 0.877. The second-order valence-corrected chi connectivity index (χ2v) is 7.72. The lowest BCUT2D eigenvalue weighted by Crippen LogP contribution is -2.41. The summed E-state index contributed by atoms with van der Waals surface area (Å²) in [7, 11) is -2.16. The lowest BCUT2D eigenvalue weighted by molar-refractivity contribution is -0.137. The number of alkyl halides is 3. The van der Waals surface area contributed by atoms with Crippen molar-refractivity contribution < 1.29 is 26.3 Å². The highest BCUT2D eigenvalue weighted by molar-refractivity contribution is 7.87. The van der Waals surface area contributed by atoms with Gasteiger partial charge < -0.3 is 4.74 Å². The molecular weight excluding hydrogens is 369 g/mol. The van der Waals surface area contributed by atoms with E-state index < -0.39 is 21.9 Å². The van der Waals surface area contributed by atoms with Crippen molar-refractivity contribution in [1.29, 1.82) is 0 Å². The Kier molecular flexibility index (Phi) is 4.96. The second kappa shape index (κ2) is 6.90. The number of nitrogens with one attached hydrogen (secondary N) is 1. The minimum absolute atomic E-state index is 0.211. The molecule has 1 N–H and O–H groups in total. The van der Waals surface area contributed by atoms with Crippen molar-refractivity contribution in [2.24, 2.45) is 0 Å². The molecule has 0 amide bonds. The van der Waals surface area contributed by atoms with Gasteiger partial charge in [0.25, 0.3) is 10.2 Å². The SMILES string of the molecule is CNS(=O)(=O)N1CCc2ccc(Oc3ccc(C(F)(F)F)cc3)cc2C1. The van der Waals surface area contributed by atoms with Gasteiger partial charge in [0.1, 0.15) is 11.5 Å². The van der Waals surface area contributed by atoms with Crippen LogP contribution in [0.25, 0.3) is 0 Å². The maximum absolute atomic E-state index is 12.6. The molecule has 0 bridgehead atoms. The van der Waals surface area contributed by atoms with Gasteiger partial charge in [0.2, 0.25) is 0 Å². The van der Waals surface area contributed by atoms with Crippen LogP contribution in [0.3, 0.4) is 0 Å². The smallest absolute Gasteiger partial charge is 0.416 e. The van der Waals surface area contributed by atoms with E-state index in [0.717, 1.165) is 23.3 Å². The highest BCUT2D eigenvalue weighted by Crippen LogP contribution is 2.32. The third-order valence-electron chi connectivity index (χ3n) is 4.17. The fourth-order valence-electron chi connectivity index (χ4n) is 2.75. The molecule has 2 aromatic carbocycles. The number of ether oxygens (including phenoxy) is 1. The number of rotatable bonds is 4. The Morgan fingerprint density at radius 3 is 2.31 bits per heavy atom. The fraction of sp³-hybridized carbons (Fsp3) is 0.294. The van der Waals surface area contributed by atoms with E-state index in [4.69, 9.17) is 4.74 Å². The molecule has 9 heteroatoms. The van der Waals surface area contributed by atoms with Gasteiger partial charge in [0, 0.05) is 20.1 Å². The van der Waals surface area contributed by atoms with Gasteiger partial charge in [0.15, 0.2) is 0 Å². The van der Waals surface area contributed by atoms with E-state index in [9.17, 15) is 21.6 Å². The van der Waals surface area contributed by atoms with Crippen LogP contribution in [0, 0.1) is 0 Å². The van der Waals surface area contributed by atoms with Crippen molar-refractivity contribution in [3.63, 3.8) is 0 Å². The first-order valence-corrected chi connectivity index (χ1v) is 9.28. The van der Waals surface area contributed by atoms with Gasteiger partial charge >= 0.3 is 6.18 Å². The molecule has 26 heavy (non-hydrogen) atoms. The first-order chi connectivity index (χ1) is 12.2. The molecule has 1 aliphatic rings. The van der Waals surface area contributed by atoms with Crippen LogP contribution in [-0.4, -0.2) is 26.3 Å². The van der Waals surface area contributed by atoms with Crippen LogP contribution in [0.15, 0.2) is 42.5 Å². The summed E-state index contributed by atoms with van der Waals surface area (Å²) in [5.74, 6) is 0.709. The van der Waals surface area contributed by atoms with Crippen molar-refractivity contribution in [3.8, 4) is 11.5 Å².